The van der Waals surface area contributed by atoms with E-state index >= 15 is 0 Å². The molecule has 1 aromatic carbocycles. The number of carbonyl (C=O) groups is 1. The lowest BCUT2D eigenvalue weighted by Gasteiger charge is -2.32. The van der Waals surface area contributed by atoms with Gasteiger partial charge in [0, 0.05) is 25.4 Å². The number of amidine groups is 1. The maximum absolute atomic E-state index is 12.2. The van der Waals surface area contributed by atoms with Crippen molar-refractivity contribution in [1.29, 1.82) is 0 Å². The number of hydrogen-bond donors (Lipinski definition) is 0. The van der Waals surface area contributed by atoms with Gasteiger partial charge >= 0.3 is 0 Å². The topological polar surface area (TPSA) is 35.9 Å². The van der Waals surface area contributed by atoms with E-state index < -0.39 is 0 Å². The maximum atomic E-state index is 12.2. The molecule has 2 aliphatic rings. The van der Waals surface area contributed by atoms with Crippen molar-refractivity contribution in [2.45, 2.75) is 44.8 Å². The maximum Gasteiger partial charge on any atom is 0.225 e. The minimum absolute atomic E-state index is 0.0463. The Hall–Kier alpha value is -1.49. The highest BCUT2D eigenvalue weighted by molar-refractivity contribution is 8.14. The summed E-state index contributed by atoms with van der Waals surface area (Å²) in [5, 5.41) is 1.08. The van der Waals surface area contributed by atoms with E-state index in [0.29, 0.717) is 6.04 Å². The first-order valence-electron chi connectivity index (χ1n) is 7.95. The predicted molar refractivity (Wildman–Crippen MR) is 93.3 cm³/mol. The summed E-state index contributed by atoms with van der Waals surface area (Å²) in [4.78, 5) is 21.1. The van der Waals surface area contributed by atoms with Gasteiger partial charge in [-0.25, -0.2) is 0 Å². The van der Waals surface area contributed by atoms with Crippen LogP contribution in [0.2, 0.25) is 0 Å². The summed E-state index contributed by atoms with van der Waals surface area (Å²) in [5.74, 6) is 0.946. The number of rotatable bonds is 3. The van der Waals surface area contributed by atoms with Crippen LogP contribution in [0.5, 0.6) is 0 Å². The molecule has 1 aliphatic carbocycles. The van der Waals surface area contributed by atoms with E-state index in [2.05, 4.69) is 11.9 Å². The van der Waals surface area contributed by atoms with Gasteiger partial charge < -0.3 is 4.90 Å². The van der Waals surface area contributed by atoms with Crippen molar-refractivity contribution >= 4 is 28.5 Å². The second kappa shape index (κ2) is 6.73. The summed E-state index contributed by atoms with van der Waals surface area (Å²) in [7, 11) is 2.05. The van der Waals surface area contributed by atoms with Crippen LogP contribution in [0.25, 0.3) is 0 Å². The fourth-order valence-electron chi connectivity index (χ4n) is 3.21. The van der Waals surface area contributed by atoms with Gasteiger partial charge in [-0.05, 0) is 25.0 Å². The fraction of sp³-hybridized carbons (Fsp3) is 0.529. The third-order valence-electron chi connectivity index (χ3n) is 4.40. The number of aliphatic imine (C=N–C) groups is 1. The van der Waals surface area contributed by atoms with Crippen molar-refractivity contribution in [3.8, 4) is 0 Å². The molecule has 118 valence electrons. The normalized spacial score (nSPS) is 24.2. The van der Waals surface area contributed by atoms with Crippen molar-refractivity contribution in [3.05, 3.63) is 30.3 Å². The van der Waals surface area contributed by atoms with Gasteiger partial charge in [-0.1, -0.05) is 42.8 Å². The van der Waals surface area contributed by atoms with Crippen LogP contribution in [0.1, 0.15) is 32.6 Å². The van der Waals surface area contributed by atoms with E-state index in [-0.39, 0.29) is 12.1 Å². The number of nitrogens with zero attached hydrogens (tertiary/aromatic N) is 3. The Morgan fingerprint density at radius 3 is 2.59 bits per heavy atom. The van der Waals surface area contributed by atoms with E-state index in [1.807, 2.05) is 35.2 Å². The molecule has 5 heteroatoms. The molecule has 0 spiro atoms. The number of thioether (sulfide) groups is 1. The Morgan fingerprint density at radius 1 is 1.27 bits per heavy atom. The van der Waals surface area contributed by atoms with Gasteiger partial charge in [-0.2, -0.15) is 0 Å². The number of amides is 1. The van der Waals surface area contributed by atoms with Crippen LogP contribution in [-0.2, 0) is 4.79 Å². The Kier molecular flexibility index (Phi) is 4.71. The lowest BCUT2D eigenvalue weighted by molar-refractivity contribution is -0.117. The van der Waals surface area contributed by atoms with E-state index in [4.69, 9.17) is 4.99 Å². The molecule has 1 amide bonds. The molecule has 0 aromatic heterocycles. The molecule has 1 aliphatic heterocycles. The smallest absolute Gasteiger partial charge is 0.225 e. The summed E-state index contributed by atoms with van der Waals surface area (Å²) in [5.41, 5.74) is 0.953. The molecule has 1 heterocycles. The number of hydrogen-bond acceptors (Lipinski definition) is 3. The van der Waals surface area contributed by atoms with E-state index in [1.54, 1.807) is 18.7 Å². The third-order valence-corrected chi connectivity index (χ3v) is 5.52. The zero-order valence-corrected chi connectivity index (χ0v) is 14.1. The van der Waals surface area contributed by atoms with Gasteiger partial charge in [0.25, 0.3) is 0 Å². The van der Waals surface area contributed by atoms with Crippen LogP contribution in [0.4, 0.5) is 5.69 Å². The average molecular weight is 317 g/mol. The molecule has 1 saturated carbocycles. The van der Waals surface area contributed by atoms with E-state index in [0.717, 1.165) is 16.6 Å². The second-order valence-corrected chi connectivity index (χ2v) is 6.96. The largest absolute Gasteiger partial charge is 0.333 e. The first-order chi connectivity index (χ1) is 10.7. The molecule has 0 radical (unpaired) electrons. The molecule has 0 N–H and O–H groups in total. The molecular formula is C17H23N3OS. The zero-order valence-electron chi connectivity index (χ0n) is 13.2. The summed E-state index contributed by atoms with van der Waals surface area (Å²) in [6.07, 6.45) is 5.05. The highest BCUT2D eigenvalue weighted by atomic mass is 32.2. The fourth-order valence-corrected chi connectivity index (χ4v) is 4.43. The molecule has 0 bridgehead atoms. The molecule has 22 heavy (non-hydrogen) atoms. The standard InChI is InChI=1S/C17H23N3OS/c1-13(21)20(15-10-4-3-5-11-15)16-12-22-17(19(16)2)18-14-8-6-7-9-14/h3-5,10-11,14,16H,6-9,12H2,1-2H3. The third kappa shape index (κ3) is 3.14. The van der Waals surface area contributed by atoms with Gasteiger partial charge in [0.15, 0.2) is 5.17 Å². The molecule has 1 atom stereocenters. The van der Waals surface area contributed by atoms with Gasteiger partial charge in [0.2, 0.25) is 5.91 Å². The number of benzene rings is 1. The molecule has 2 fully saturated rings. The SMILES string of the molecule is CC(=O)N(c1ccccc1)C1CSC(=NC2CCCC2)N1C. The predicted octanol–water partition coefficient (Wildman–Crippen LogP) is 3.34. The Morgan fingerprint density at radius 2 is 1.95 bits per heavy atom. The lowest BCUT2D eigenvalue weighted by atomic mass is 10.2. The van der Waals surface area contributed by atoms with Crippen LogP contribution < -0.4 is 4.90 Å². The summed E-state index contributed by atoms with van der Waals surface area (Å²) >= 11 is 1.77. The number of carbonyl (C=O) groups excluding carboxylic acids is 1. The Labute approximate surface area is 136 Å². The minimum Gasteiger partial charge on any atom is -0.333 e. The van der Waals surface area contributed by atoms with E-state index in [1.165, 1.54) is 25.7 Å². The summed E-state index contributed by atoms with van der Waals surface area (Å²) in [6.45, 7) is 1.64. The van der Waals surface area contributed by atoms with Gasteiger partial charge in [-0.15, -0.1) is 0 Å². The molecular weight excluding hydrogens is 294 g/mol. The monoisotopic (exact) mass is 317 g/mol. The summed E-state index contributed by atoms with van der Waals surface area (Å²) < 4.78 is 0. The van der Waals surface area contributed by atoms with Crippen LogP contribution in [0, 0.1) is 0 Å². The first kappa shape index (κ1) is 15.4. The Bertz CT molecular complexity index is 554. The first-order valence-corrected chi connectivity index (χ1v) is 8.93. The molecule has 4 nitrogen and oxygen atoms in total. The van der Waals surface area contributed by atoms with Gasteiger partial charge in [0.05, 0.1) is 6.04 Å². The van der Waals surface area contributed by atoms with Crippen LogP contribution in [0.15, 0.2) is 35.3 Å². The molecule has 3 rings (SSSR count). The highest BCUT2D eigenvalue weighted by Gasteiger charge is 2.34. The van der Waals surface area contributed by atoms with E-state index in [9.17, 15) is 4.79 Å². The van der Waals surface area contributed by atoms with Crippen LogP contribution in [0.3, 0.4) is 0 Å². The number of para-hydroxylation sites is 1. The van der Waals surface area contributed by atoms with Crippen molar-refractivity contribution in [1.82, 2.24) is 4.90 Å². The summed E-state index contributed by atoms with van der Waals surface area (Å²) in [6, 6.07) is 10.4. The van der Waals surface area contributed by atoms with Crippen molar-refractivity contribution < 1.29 is 4.79 Å². The lowest BCUT2D eigenvalue weighted by Crippen LogP contribution is -2.48. The van der Waals surface area contributed by atoms with Crippen molar-refractivity contribution in [3.63, 3.8) is 0 Å². The average Bonchev–Trinajstić information content (AvgIpc) is 3.14. The van der Waals surface area contributed by atoms with Crippen molar-refractivity contribution in [2.75, 3.05) is 17.7 Å². The number of anilines is 1. The highest BCUT2D eigenvalue weighted by Crippen LogP contribution is 2.31. The van der Waals surface area contributed by atoms with Gasteiger partial charge in [0.1, 0.15) is 6.17 Å². The Balaban J connectivity index is 1.80. The van der Waals surface area contributed by atoms with Crippen molar-refractivity contribution in [2.24, 2.45) is 4.99 Å². The quantitative estimate of drug-likeness (QED) is 0.858. The molecule has 1 saturated heterocycles. The minimum atomic E-state index is 0.0463. The van der Waals surface area contributed by atoms with Gasteiger partial charge in [-0.3, -0.25) is 14.7 Å². The molecule has 1 unspecified atom stereocenters. The second-order valence-electron chi connectivity index (χ2n) is 5.98. The zero-order chi connectivity index (χ0) is 15.5. The molecule has 1 aromatic rings. The van der Waals surface area contributed by atoms with Crippen LogP contribution >= 0.6 is 11.8 Å². The van der Waals surface area contributed by atoms with Crippen LogP contribution in [-0.4, -0.2) is 41.0 Å².